The maximum Gasteiger partial charge on any atom is 0.133 e. The normalized spacial score (nSPS) is 53.5. The third-order valence-corrected chi connectivity index (χ3v) is 8.61. The van der Waals surface area contributed by atoms with Crippen molar-refractivity contribution in [2.24, 2.45) is 40.4 Å². The lowest BCUT2D eigenvalue weighted by Crippen LogP contribution is -2.52. The lowest BCUT2D eigenvalue weighted by Gasteiger charge is -2.59. The van der Waals surface area contributed by atoms with Crippen molar-refractivity contribution in [3.63, 3.8) is 0 Å². The molecule has 4 aliphatic rings. The van der Waals surface area contributed by atoms with E-state index in [4.69, 9.17) is 0 Å². The summed E-state index contributed by atoms with van der Waals surface area (Å²) in [6, 6.07) is 0. The average molecular weight is 300 g/mol. The van der Waals surface area contributed by atoms with E-state index in [1.807, 2.05) is 6.92 Å². The van der Waals surface area contributed by atoms with E-state index in [-0.39, 0.29) is 0 Å². The number of hydrogen-bond acceptors (Lipinski definition) is 1. The monoisotopic (exact) mass is 300 g/mol. The van der Waals surface area contributed by atoms with Crippen LogP contribution in [0.4, 0.5) is 0 Å². The largest absolute Gasteiger partial charge is 0.300 e. The Balaban J connectivity index is 1.66. The van der Waals surface area contributed by atoms with Crippen molar-refractivity contribution in [1.29, 1.82) is 0 Å². The van der Waals surface area contributed by atoms with Gasteiger partial charge < -0.3 is 0 Å². The van der Waals surface area contributed by atoms with Gasteiger partial charge in [0.15, 0.2) is 0 Å². The summed E-state index contributed by atoms with van der Waals surface area (Å²) in [6.07, 6.45) is 15.8. The molecule has 0 bridgehead atoms. The molecule has 3 saturated carbocycles. The van der Waals surface area contributed by atoms with Crippen LogP contribution in [0.5, 0.6) is 0 Å². The number of allylic oxidation sites excluding steroid dienone is 2. The molecule has 0 aromatic carbocycles. The first-order valence-corrected chi connectivity index (χ1v) is 9.65. The van der Waals surface area contributed by atoms with Crippen molar-refractivity contribution in [3.05, 3.63) is 12.2 Å². The predicted molar refractivity (Wildman–Crippen MR) is 90.4 cm³/mol. The van der Waals surface area contributed by atoms with Crippen LogP contribution in [-0.2, 0) is 4.79 Å². The number of carbonyl (C=O) groups excluding carboxylic acids is 1. The SMILES string of the molecule is CC(=O)[C@H]1CC[C@H]2[C@@H]3CCC4CCC=C[C@]4(C)[C@H]3CC[C@]12C. The highest BCUT2D eigenvalue weighted by molar-refractivity contribution is 5.79. The molecule has 0 heterocycles. The van der Waals surface area contributed by atoms with Gasteiger partial charge in [0.2, 0.25) is 0 Å². The van der Waals surface area contributed by atoms with E-state index in [0.717, 1.165) is 30.1 Å². The number of fused-ring (bicyclic) bond motifs is 5. The summed E-state index contributed by atoms with van der Waals surface area (Å²) in [5.74, 6) is 4.31. The van der Waals surface area contributed by atoms with Crippen LogP contribution in [0.25, 0.3) is 0 Å². The summed E-state index contributed by atoms with van der Waals surface area (Å²) in [5, 5.41) is 0. The molecule has 0 aliphatic heterocycles. The minimum atomic E-state index is 0.314. The number of ketones is 1. The maximum atomic E-state index is 12.1. The zero-order chi connectivity index (χ0) is 15.5. The second-order valence-corrected chi connectivity index (χ2v) is 9.28. The van der Waals surface area contributed by atoms with Crippen LogP contribution in [-0.4, -0.2) is 5.78 Å². The summed E-state index contributed by atoms with van der Waals surface area (Å²) in [6.45, 7) is 6.86. The third-order valence-electron chi connectivity index (χ3n) is 8.61. The summed E-state index contributed by atoms with van der Waals surface area (Å²) < 4.78 is 0. The first-order chi connectivity index (χ1) is 10.5. The van der Waals surface area contributed by atoms with Crippen molar-refractivity contribution < 1.29 is 4.79 Å². The van der Waals surface area contributed by atoms with E-state index < -0.39 is 0 Å². The van der Waals surface area contributed by atoms with Crippen molar-refractivity contribution in [1.82, 2.24) is 0 Å². The molecule has 0 aromatic heterocycles. The first kappa shape index (κ1) is 15.0. The highest BCUT2D eigenvalue weighted by atomic mass is 16.1. The summed E-state index contributed by atoms with van der Waals surface area (Å²) in [5.41, 5.74) is 0.769. The third kappa shape index (κ3) is 1.86. The molecule has 1 nitrogen and oxygen atoms in total. The maximum absolute atomic E-state index is 12.1. The van der Waals surface area contributed by atoms with E-state index in [0.29, 0.717) is 22.5 Å². The second kappa shape index (κ2) is 4.95. The van der Waals surface area contributed by atoms with Gasteiger partial charge in [-0.15, -0.1) is 0 Å². The number of Topliss-reactive ketones (excluding diaryl/α,β-unsaturated/α-hetero) is 1. The fourth-order valence-corrected chi connectivity index (χ4v) is 7.49. The molecule has 122 valence electrons. The molecule has 0 saturated heterocycles. The Morgan fingerprint density at radius 2 is 1.82 bits per heavy atom. The van der Waals surface area contributed by atoms with Crippen molar-refractivity contribution in [3.8, 4) is 0 Å². The quantitative estimate of drug-likeness (QED) is 0.592. The molecule has 7 atom stereocenters. The molecule has 0 spiro atoms. The lowest BCUT2D eigenvalue weighted by molar-refractivity contribution is -0.129. The van der Waals surface area contributed by atoms with Crippen LogP contribution in [0.1, 0.15) is 72.1 Å². The Hall–Kier alpha value is -0.590. The summed E-state index contributed by atoms with van der Waals surface area (Å²) in [4.78, 5) is 12.1. The Labute approximate surface area is 135 Å². The van der Waals surface area contributed by atoms with Crippen LogP contribution in [0, 0.1) is 40.4 Å². The van der Waals surface area contributed by atoms with Gasteiger partial charge in [-0.3, -0.25) is 4.79 Å². The molecular formula is C21H32O. The fourth-order valence-electron chi connectivity index (χ4n) is 7.49. The molecule has 0 radical (unpaired) electrons. The van der Waals surface area contributed by atoms with Gasteiger partial charge in [-0.1, -0.05) is 26.0 Å². The fraction of sp³-hybridized carbons (Fsp3) is 0.857. The smallest absolute Gasteiger partial charge is 0.133 e. The Bertz CT molecular complexity index is 506. The summed E-state index contributed by atoms with van der Waals surface area (Å²) >= 11 is 0. The molecule has 0 N–H and O–H groups in total. The van der Waals surface area contributed by atoms with Crippen molar-refractivity contribution in [2.45, 2.75) is 72.1 Å². The highest BCUT2D eigenvalue weighted by Gasteiger charge is 2.59. The zero-order valence-corrected chi connectivity index (χ0v) is 14.6. The standard InChI is InChI=1S/C21H32O/c1-14(22)17-9-10-18-16-8-7-15-6-4-5-12-20(15,2)19(16)11-13-21(17,18)3/h5,12,15-19H,4,6-11,13H2,1-3H3/t15?,16-,17+,18-,19-,20-,21+/m0/s1. The number of rotatable bonds is 1. The molecule has 0 amide bonds. The zero-order valence-electron chi connectivity index (χ0n) is 14.6. The molecule has 4 rings (SSSR count). The topological polar surface area (TPSA) is 17.1 Å². The van der Waals surface area contributed by atoms with Gasteiger partial charge in [0.25, 0.3) is 0 Å². The van der Waals surface area contributed by atoms with Gasteiger partial charge in [-0.05, 0) is 92.8 Å². The molecular weight excluding hydrogens is 268 g/mol. The van der Waals surface area contributed by atoms with Crippen LogP contribution in [0.2, 0.25) is 0 Å². The van der Waals surface area contributed by atoms with E-state index in [2.05, 4.69) is 26.0 Å². The molecule has 0 aromatic rings. The van der Waals surface area contributed by atoms with Gasteiger partial charge in [0.1, 0.15) is 5.78 Å². The van der Waals surface area contributed by atoms with Crippen LogP contribution in [0.15, 0.2) is 12.2 Å². The van der Waals surface area contributed by atoms with E-state index >= 15 is 0 Å². The minimum Gasteiger partial charge on any atom is -0.300 e. The average Bonchev–Trinajstić information content (AvgIpc) is 2.84. The number of hydrogen-bond donors (Lipinski definition) is 0. The van der Waals surface area contributed by atoms with Gasteiger partial charge >= 0.3 is 0 Å². The lowest BCUT2D eigenvalue weighted by atomic mass is 9.46. The highest BCUT2D eigenvalue weighted by Crippen LogP contribution is 2.66. The Morgan fingerprint density at radius 3 is 2.59 bits per heavy atom. The molecule has 1 unspecified atom stereocenters. The van der Waals surface area contributed by atoms with Crippen LogP contribution in [0.3, 0.4) is 0 Å². The van der Waals surface area contributed by atoms with Gasteiger partial charge in [-0.25, -0.2) is 0 Å². The van der Waals surface area contributed by atoms with E-state index in [9.17, 15) is 4.79 Å². The van der Waals surface area contributed by atoms with Gasteiger partial charge in [0, 0.05) is 5.92 Å². The van der Waals surface area contributed by atoms with E-state index in [1.165, 1.54) is 44.9 Å². The van der Waals surface area contributed by atoms with Gasteiger partial charge in [0.05, 0.1) is 0 Å². The first-order valence-electron chi connectivity index (χ1n) is 9.65. The van der Waals surface area contributed by atoms with Crippen molar-refractivity contribution in [2.75, 3.05) is 0 Å². The minimum absolute atomic E-state index is 0.314. The van der Waals surface area contributed by atoms with E-state index in [1.54, 1.807) is 0 Å². The Morgan fingerprint density at radius 1 is 1.00 bits per heavy atom. The van der Waals surface area contributed by atoms with Crippen LogP contribution >= 0.6 is 0 Å². The Kier molecular flexibility index (Phi) is 3.37. The molecule has 22 heavy (non-hydrogen) atoms. The predicted octanol–water partition coefficient (Wildman–Crippen LogP) is 5.40. The van der Waals surface area contributed by atoms with Crippen molar-refractivity contribution >= 4 is 5.78 Å². The molecule has 4 aliphatic carbocycles. The molecule has 3 fully saturated rings. The van der Waals surface area contributed by atoms with Gasteiger partial charge in [-0.2, -0.15) is 0 Å². The number of carbonyl (C=O) groups is 1. The van der Waals surface area contributed by atoms with Crippen LogP contribution < -0.4 is 0 Å². The second-order valence-electron chi connectivity index (χ2n) is 9.28. The molecule has 1 heteroatoms. The summed E-state index contributed by atoms with van der Waals surface area (Å²) in [7, 11) is 0.